The fraction of sp³-hybridized carbons (Fsp3) is 0.623. The van der Waals surface area contributed by atoms with Crippen molar-refractivity contribution >= 4 is 28.4 Å². The van der Waals surface area contributed by atoms with Gasteiger partial charge in [0, 0.05) is 56.2 Å². The van der Waals surface area contributed by atoms with Crippen molar-refractivity contribution in [3.8, 4) is 0 Å². The van der Waals surface area contributed by atoms with E-state index in [0.717, 1.165) is 32.1 Å². The molecular formula is C61H101N3O16S. The minimum absolute atomic E-state index is 0.0108. The smallest absolute Gasteiger partial charge is 0.393 e. The number of nitrogens with two attached hydrogens (primary N) is 1. The molecule has 15 atom stereocenters. The summed E-state index contributed by atoms with van der Waals surface area (Å²) in [7, 11) is -4.94. The molecule has 0 aliphatic carbocycles. The van der Waals surface area contributed by atoms with E-state index < -0.39 is 102 Å². The van der Waals surface area contributed by atoms with Crippen molar-refractivity contribution in [1.29, 1.82) is 0 Å². The van der Waals surface area contributed by atoms with Gasteiger partial charge in [-0.3, -0.25) is 14.3 Å². The lowest BCUT2D eigenvalue weighted by atomic mass is 9.89. The Kier molecular flexibility index (Phi) is 44.5. The van der Waals surface area contributed by atoms with Gasteiger partial charge in [0.25, 0.3) is 0 Å². The van der Waals surface area contributed by atoms with Gasteiger partial charge in [0.05, 0.1) is 73.2 Å². The molecule has 14 N–H and O–H groups in total. The topological polar surface area (TPSA) is 354 Å². The van der Waals surface area contributed by atoms with Gasteiger partial charge in [0.1, 0.15) is 5.78 Å². The number of aliphatic hydroxyl groups is 11. The largest absolute Gasteiger partial charge is 0.397 e. The molecule has 0 bridgehead atoms. The summed E-state index contributed by atoms with van der Waals surface area (Å²) in [6.07, 6.45) is 28.1. The molecule has 0 spiro atoms. The third kappa shape index (κ3) is 43.9. The molecule has 0 aromatic heterocycles. The number of ketones is 1. The van der Waals surface area contributed by atoms with Crippen LogP contribution in [0.1, 0.15) is 144 Å². The average Bonchev–Trinajstić information content (AvgIpc) is 3.40. The van der Waals surface area contributed by atoms with Crippen LogP contribution in [0.15, 0.2) is 132 Å². The first-order valence-corrected chi connectivity index (χ1v) is 29.9. The van der Waals surface area contributed by atoms with Crippen LogP contribution in [-0.2, 0) is 19.4 Å². The zero-order valence-corrected chi connectivity index (χ0v) is 49.2. The van der Waals surface area contributed by atoms with Crippen molar-refractivity contribution in [2.24, 2.45) is 33.5 Å². The van der Waals surface area contributed by atoms with Gasteiger partial charge in [-0.05, 0) is 70.6 Å². The summed E-state index contributed by atoms with van der Waals surface area (Å²) in [5.41, 5.74) is 5.78. The van der Waals surface area contributed by atoms with Crippen LogP contribution < -0.4 is 5.73 Å². The maximum atomic E-state index is 13.0. The van der Waals surface area contributed by atoms with E-state index in [2.05, 4.69) is 16.9 Å². The summed E-state index contributed by atoms with van der Waals surface area (Å²) in [6, 6.07) is 0. The van der Waals surface area contributed by atoms with Crippen LogP contribution in [-0.4, -0.2) is 167 Å². The fourth-order valence-corrected chi connectivity index (χ4v) is 8.64. The maximum absolute atomic E-state index is 13.0. The Balaban J connectivity index is 4.72. The van der Waals surface area contributed by atoms with E-state index in [4.69, 9.17) is 9.92 Å². The first-order chi connectivity index (χ1) is 38.4. The number of aliphatic hydroxyl groups excluding tert-OH is 11. The molecule has 0 heterocycles. The second-order valence-electron chi connectivity index (χ2n) is 20.6. The number of nitrogens with zero attached hydrogens (tertiary/aromatic N) is 2. The standard InChI is InChI=1S/C61H101N3O16S/c1-6-8-10-22-37-63-61(62)64-38-26-34-54(71)40-50(67)29-23-28-48(65)39-49(66)30-24-31-51(68)41-55(72)42-52(69)32-25-33-53(70)43-56(73)44-58(75)46(4)59(80-81(77,78)79)36-21-19-17-15-13-11-12-14-16-18-20-35-57(74)47(5)60(76)45(3)27-9-7-2/h9,11-21,23-25,27-28,31,33,35,37,45-57,59-60,65-74,76H,6-8,10,22,26,29-30,32,34,36,38-44H2,1-5H3,(H2,62,64)(H,77,78,79)/b13-11+,14-12+,17-15+,18-16+,21-19+,27-9+,28-23+,31-24+,33-25+,35-20+,63-37+. The highest BCUT2D eigenvalue weighted by atomic mass is 32.3. The first-order valence-electron chi connectivity index (χ1n) is 28.5. The van der Waals surface area contributed by atoms with Gasteiger partial charge >= 0.3 is 10.4 Å². The van der Waals surface area contributed by atoms with Crippen LogP contribution >= 0.6 is 0 Å². The van der Waals surface area contributed by atoms with E-state index in [1.165, 1.54) is 37.3 Å². The van der Waals surface area contributed by atoms with Crippen LogP contribution in [0, 0.1) is 17.8 Å². The number of hydrogen-bond donors (Lipinski definition) is 13. The zero-order valence-electron chi connectivity index (χ0n) is 48.4. The zero-order chi connectivity index (χ0) is 61.0. The summed E-state index contributed by atoms with van der Waals surface area (Å²) in [4.78, 5) is 21.3. The molecule has 462 valence electrons. The number of Topliss-reactive ketones (excluding diaryl/α,β-unsaturated/α-hetero) is 1. The van der Waals surface area contributed by atoms with Gasteiger partial charge in [0.15, 0.2) is 0 Å². The van der Waals surface area contributed by atoms with Crippen molar-refractivity contribution in [3.63, 3.8) is 0 Å². The quantitative estimate of drug-likeness (QED) is 0.00801. The van der Waals surface area contributed by atoms with E-state index in [1.54, 1.807) is 92.1 Å². The number of allylic oxidation sites excluding steroid dienone is 11. The highest BCUT2D eigenvalue weighted by Gasteiger charge is 2.30. The van der Waals surface area contributed by atoms with Gasteiger partial charge < -0.3 is 61.9 Å². The maximum Gasteiger partial charge on any atom is 0.397 e. The molecule has 0 aliphatic heterocycles. The Hall–Kier alpha value is -4.36. The molecule has 15 unspecified atom stereocenters. The Morgan fingerprint density at radius 3 is 1.58 bits per heavy atom. The average molecular weight is 1160 g/mol. The van der Waals surface area contributed by atoms with Crippen molar-refractivity contribution in [2.45, 2.75) is 217 Å². The van der Waals surface area contributed by atoms with Crippen molar-refractivity contribution < 1.29 is 78.1 Å². The molecule has 81 heavy (non-hydrogen) atoms. The lowest BCUT2D eigenvalue weighted by Crippen LogP contribution is -2.32. The van der Waals surface area contributed by atoms with E-state index >= 15 is 0 Å². The highest BCUT2D eigenvalue weighted by molar-refractivity contribution is 7.80. The van der Waals surface area contributed by atoms with Crippen LogP contribution in [0.5, 0.6) is 0 Å². The SMILES string of the molecule is CC/C=C/C(C)C(O)C(C)C(O)/C=C/C=C/C=C/C=C/C=C/C=C/CC(OS(=O)(=O)O)C(C)C(=O)CC(O)CC(O)/C=C/CC(O)CC(O)CC(O)/C=C/CC(O)CC(O)/C=C/CC(O)CC(O)CCCN=C(N)/N=C/CCCCC. The second-order valence-corrected chi connectivity index (χ2v) is 21.7. The molecular weight excluding hydrogens is 1060 g/mol. The van der Waals surface area contributed by atoms with E-state index in [9.17, 15) is 73.9 Å². The lowest BCUT2D eigenvalue weighted by Gasteiger charge is -2.25. The van der Waals surface area contributed by atoms with Crippen LogP contribution in [0.4, 0.5) is 0 Å². The number of carbonyl (C=O) groups excluding carboxylic acids is 1. The summed E-state index contributed by atoms with van der Waals surface area (Å²) >= 11 is 0. The Morgan fingerprint density at radius 1 is 0.556 bits per heavy atom. The number of aliphatic imine (C=N–C) groups is 2. The normalized spacial score (nSPS) is 19.3. The minimum atomic E-state index is -4.94. The molecule has 0 rings (SSSR count). The van der Waals surface area contributed by atoms with Crippen molar-refractivity contribution in [3.05, 3.63) is 122 Å². The number of rotatable bonds is 46. The van der Waals surface area contributed by atoms with Crippen LogP contribution in [0.2, 0.25) is 0 Å². The molecule has 0 radical (unpaired) electrons. The van der Waals surface area contributed by atoms with Gasteiger partial charge in [-0.1, -0.05) is 169 Å². The third-order valence-corrected chi connectivity index (χ3v) is 13.4. The lowest BCUT2D eigenvalue weighted by molar-refractivity contribution is -0.127. The third-order valence-electron chi connectivity index (χ3n) is 12.9. The summed E-state index contributed by atoms with van der Waals surface area (Å²) in [5, 5.41) is 114. The molecule has 0 aromatic rings. The fourth-order valence-electron chi connectivity index (χ4n) is 8.08. The molecule has 0 amide bonds. The Morgan fingerprint density at radius 2 is 1.05 bits per heavy atom. The summed E-state index contributed by atoms with van der Waals surface area (Å²) in [5.74, 6) is -1.88. The monoisotopic (exact) mass is 1160 g/mol. The predicted octanol–water partition coefficient (Wildman–Crippen LogP) is 6.24. The first kappa shape index (κ1) is 76.6. The predicted molar refractivity (Wildman–Crippen MR) is 321 cm³/mol. The van der Waals surface area contributed by atoms with Gasteiger partial charge in [-0.25, -0.2) is 9.18 Å². The van der Waals surface area contributed by atoms with Gasteiger partial charge in [0.2, 0.25) is 5.96 Å². The van der Waals surface area contributed by atoms with Crippen molar-refractivity contribution in [1.82, 2.24) is 0 Å². The molecule has 0 aliphatic rings. The number of guanidine groups is 1. The Labute approximate surface area is 483 Å². The van der Waals surface area contributed by atoms with E-state index in [0.29, 0.717) is 19.4 Å². The summed E-state index contributed by atoms with van der Waals surface area (Å²) < 4.78 is 37.4. The van der Waals surface area contributed by atoms with Gasteiger partial charge in [-0.2, -0.15) is 8.42 Å². The number of unbranched alkanes of at least 4 members (excludes halogenated alkanes) is 3. The molecule has 20 heteroatoms. The molecule has 19 nitrogen and oxygen atoms in total. The van der Waals surface area contributed by atoms with Crippen LogP contribution in [0.3, 0.4) is 0 Å². The van der Waals surface area contributed by atoms with E-state index in [1.807, 2.05) is 26.0 Å². The highest BCUT2D eigenvalue weighted by Crippen LogP contribution is 2.21. The molecule has 0 aromatic carbocycles. The van der Waals surface area contributed by atoms with Gasteiger partial charge in [-0.15, -0.1) is 0 Å². The molecule has 0 saturated carbocycles. The molecule has 0 fully saturated rings. The second kappa shape index (κ2) is 47.0. The van der Waals surface area contributed by atoms with E-state index in [-0.39, 0.29) is 75.6 Å². The molecule has 0 saturated heterocycles. The number of carbonyl (C=O) groups is 1. The summed E-state index contributed by atoms with van der Waals surface area (Å²) in [6.45, 7) is 9.66. The van der Waals surface area contributed by atoms with Crippen LogP contribution in [0.25, 0.3) is 0 Å². The Bertz CT molecular complexity index is 2140. The van der Waals surface area contributed by atoms with Crippen molar-refractivity contribution in [2.75, 3.05) is 6.54 Å². The number of hydrogen-bond acceptors (Lipinski definition) is 16. The minimum Gasteiger partial charge on any atom is -0.393 e.